The molecule has 2 fully saturated rings. The van der Waals surface area contributed by atoms with E-state index in [1.54, 1.807) is 0 Å². The predicted molar refractivity (Wildman–Crippen MR) is 60.6 cm³/mol. The van der Waals surface area contributed by atoms with Crippen molar-refractivity contribution in [2.45, 2.75) is 39.2 Å². The lowest BCUT2D eigenvalue weighted by Crippen LogP contribution is -2.41. The summed E-state index contributed by atoms with van der Waals surface area (Å²) in [6.07, 6.45) is 3.38. The first-order valence-corrected chi connectivity index (χ1v) is 6.13. The maximum Gasteiger partial charge on any atom is 0.239 e. The molecule has 16 heavy (non-hydrogen) atoms. The van der Waals surface area contributed by atoms with Crippen molar-refractivity contribution in [3.05, 3.63) is 0 Å². The second-order valence-corrected chi connectivity index (χ2v) is 5.36. The van der Waals surface area contributed by atoms with Crippen molar-refractivity contribution >= 4 is 11.8 Å². The van der Waals surface area contributed by atoms with Gasteiger partial charge in [0.25, 0.3) is 0 Å². The normalized spacial score (nSPS) is 31.1. The van der Waals surface area contributed by atoms with Crippen LogP contribution in [-0.4, -0.2) is 24.4 Å². The van der Waals surface area contributed by atoms with Gasteiger partial charge >= 0.3 is 0 Å². The molecular weight excluding hydrogens is 204 g/mol. The van der Waals surface area contributed by atoms with E-state index in [1.807, 2.05) is 13.8 Å². The van der Waals surface area contributed by atoms with Crippen molar-refractivity contribution < 1.29 is 9.59 Å². The minimum Gasteiger partial charge on any atom is -0.352 e. The van der Waals surface area contributed by atoms with Crippen LogP contribution >= 0.6 is 0 Å². The molecular formula is C12H20N2O2. The summed E-state index contributed by atoms with van der Waals surface area (Å²) in [5.74, 6) is 1.73. The third-order valence-corrected chi connectivity index (χ3v) is 3.49. The number of hydrogen-bond acceptors (Lipinski definition) is 2. The highest BCUT2D eigenvalue weighted by Crippen LogP contribution is 2.54. The summed E-state index contributed by atoms with van der Waals surface area (Å²) >= 11 is 0. The van der Waals surface area contributed by atoms with Gasteiger partial charge in [0.2, 0.25) is 11.8 Å². The fourth-order valence-electron chi connectivity index (χ4n) is 2.61. The standard InChI is InChI=1S/C12H20N2O2/c1-7(2)14-11(15)6-13-12(16)10-4-8-3-9(8)5-10/h7-10H,3-6H2,1-2H3,(H,13,16)(H,14,15). The van der Waals surface area contributed by atoms with Gasteiger partial charge in [0.1, 0.15) is 0 Å². The number of nitrogens with one attached hydrogen (secondary N) is 2. The molecule has 2 amide bonds. The summed E-state index contributed by atoms with van der Waals surface area (Å²) in [4.78, 5) is 23.0. The monoisotopic (exact) mass is 224 g/mol. The Bertz CT molecular complexity index is 291. The molecule has 0 spiro atoms. The van der Waals surface area contributed by atoms with Crippen molar-refractivity contribution in [1.29, 1.82) is 0 Å². The highest BCUT2D eigenvalue weighted by Gasteiger charge is 2.47. The van der Waals surface area contributed by atoms with E-state index in [4.69, 9.17) is 0 Å². The van der Waals surface area contributed by atoms with Gasteiger partial charge in [-0.2, -0.15) is 0 Å². The SMILES string of the molecule is CC(C)NC(=O)CNC(=O)C1CC2CC2C1. The number of carbonyl (C=O) groups excluding carboxylic acids is 2. The summed E-state index contributed by atoms with van der Waals surface area (Å²) in [5, 5.41) is 5.47. The summed E-state index contributed by atoms with van der Waals surface area (Å²) in [7, 11) is 0. The van der Waals surface area contributed by atoms with Crippen LogP contribution in [0.25, 0.3) is 0 Å². The van der Waals surface area contributed by atoms with Crippen LogP contribution in [-0.2, 0) is 9.59 Å². The van der Waals surface area contributed by atoms with Crippen LogP contribution in [0.2, 0.25) is 0 Å². The molecule has 0 saturated heterocycles. The fraction of sp³-hybridized carbons (Fsp3) is 0.833. The Labute approximate surface area is 96.2 Å². The predicted octanol–water partition coefficient (Wildman–Crippen LogP) is 0.673. The second kappa shape index (κ2) is 4.44. The van der Waals surface area contributed by atoms with E-state index in [9.17, 15) is 9.59 Å². The van der Waals surface area contributed by atoms with Crippen molar-refractivity contribution in [3.8, 4) is 0 Å². The number of carbonyl (C=O) groups is 2. The van der Waals surface area contributed by atoms with Gasteiger partial charge in [0, 0.05) is 12.0 Å². The van der Waals surface area contributed by atoms with E-state index in [2.05, 4.69) is 10.6 Å². The molecule has 0 aromatic rings. The van der Waals surface area contributed by atoms with E-state index in [-0.39, 0.29) is 30.3 Å². The zero-order valence-corrected chi connectivity index (χ0v) is 9.95. The highest BCUT2D eigenvalue weighted by molar-refractivity contribution is 5.86. The van der Waals surface area contributed by atoms with E-state index in [0.29, 0.717) is 0 Å². The average Bonchev–Trinajstić information content (AvgIpc) is 2.81. The number of rotatable bonds is 4. The van der Waals surface area contributed by atoms with E-state index in [1.165, 1.54) is 6.42 Å². The lowest BCUT2D eigenvalue weighted by atomic mass is 10.0. The maximum absolute atomic E-state index is 11.7. The van der Waals surface area contributed by atoms with Gasteiger partial charge in [-0.1, -0.05) is 0 Å². The third kappa shape index (κ3) is 2.74. The Hall–Kier alpha value is -1.06. The van der Waals surface area contributed by atoms with E-state index < -0.39 is 0 Å². The molecule has 0 bridgehead atoms. The first-order chi connectivity index (χ1) is 7.56. The Kier molecular flexibility index (Phi) is 3.17. The van der Waals surface area contributed by atoms with Crippen LogP contribution in [0.1, 0.15) is 33.1 Å². The molecule has 2 aliphatic rings. The minimum absolute atomic E-state index is 0.0612. The van der Waals surface area contributed by atoms with Gasteiger partial charge in [-0.15, -0.1) is 0 Å². The molecule has 4 heteroatoms. The second-order valence-electron chi connectivity index (χ2n) is 5.36. The highest BCUT2D eigenvalue weighted by atomic mass is 16.2. The van der Waals surface area contributed by atoms with Crippen LogP contribution < -0.4 is 10.6 Å². The van der Waals surface area contributed by atoms with Crippen LogP contribution in [0.5, 0.6) is 0 Å². The van der Waals surface area contributed by atoms with Crippen LogP contribution in [0.4, 0.5) is 0 Å². The molecule has 0 aromatic heterocycles. The molecule has 2 unspecified atom stereocenters. The number of fused-ring (bicyclic) bond motifs is 1. The largest absolute Gasteiger partial charge is 0.352 e. The quantitative estimate of drug-likeness (QED) is 0.737. The molecule has 2 aliphatic carbocycles. The van der Waals surface area contributed by atoms with Gasteiger partial charge in [-0.3, -0.25) is 9.59 Å². The minimum atomic E-state index is -0.105. The number of hydrogen-bond donors (Lipinski definition) is 2. The summed E-state index contributed by atoms with van der Waals surface area (Å²) in [6, 6.07) is 0.128. The Morgan fingerprint density at radius 1 is 1.19 bits per heavy atom. The Morgan fingerprint density at radius 3 is 2.38 bits per heavy atom. The third-order valence-electron chi connectivity index (χ3n) is 3.49. The van der Waals surface area contributed by atoms with Crippen molar-refractivity contribution in [2.75, 3.05) is 6.54 Å². The van der Waals surface area contributed by atoms with Crippen molar-refractivity contribution in [2.24, 2.45) is 17.8 Å². The average molecular weight is 224 g/mol. The van der Waals surface area contributed by atoms with Gasteiger partial charge in [0.15, 0.2) is 0 Å². The smallest absolute Gasteiger partial charge is 0.239 e. The van der Waals surface area contributed by atoms with Crippen molar-refractivity contribution in [3.63, 3.8) is 0 Å². The molecule has 4 nitrogen and oxygen atoms in total. The van der Waals surface area contributed by atoms with Gasteiger partial charge in [-0.25, -0.2) is 0 Å². The molecule has 0 heterocycles. The molecule has 0 aromatic carbocycles. The summed E-state index contributed by atoms with van der Waals surface area (Å²) < 4.78 is 0. The summed E-state index contributed by atoms with van der Waals surface area (Å²) in [5.41, 5.74) is 0. The van der Waals surface area contributed by atoms with E-state index >= 15 is 0 Å². The molecule has 0 radical (unpaired) electrons. The molecule has 2 saturated carbocycles. The molecule has 2 rings (SSSR count). The lowest BCUT2D eigenvalue weighted by molar-refractivity contribution is -0.128. The molecule has 90 valence electrons. The lowest BCUT2D eigenvalue weighted by Gasteiger charge is -2.13. The topological polar surface area (TPSA) is 58.2 Å². The van der Waals surface area contributed by atoms with Crippen LogP contribution in [0.15, 0.2) is 0 Å². The number of amides is 2. The fourth-order valence-corrected chi connectivity index (χ4v) is 2.61. The molecule has 2 N–H and O–H groups in total. The zero-order chi connectivity index (χ0) is 11.7. The van der Waals surface area contributed by atoms with Crippen LogP contribution in [0.3, 0.4) is 0 Å². The van der Waals surface area contributed by atoms with Gasteiger partial charge in [0.05, 0.1) is 6.54 Å². The first kappa shape index (κ1) is 11.4. The molecule has 0 aliphatic heterocycles. The zero-order valence-electron chi connectivity index (χ0n) is 9.95. The van der Waals surface area contributed by atoms with Crippen molar-refractivity contribution in [1.82, 2.24) is 10.6 Å². The first-order valence-electron chi connectivity index (χ1n) is 6.13. The van der Waals surface area contributed by atoms with E-state index in [0.717, 1.165) is 24.7 Å². The van der Waals surface area contributed by atoms with Gasteiger partial charge < -0.3 is 10.6 Å². The summed E-state index contributed by atoms with van der Waals surface area (Å²) in [6.45, 7) is 3.93. The van der Waals surface area contributed by atoms with Gasteiger partial charge in [-0.05, 0) is 44.9 Å². The Balaban J connectivity index is 1.65. The Morgan fingerprint density at radius 2 is 1.81 bits per heavy atom. The molecule has 2 atom stereocenters. The maximum atomic E-state index is 11.7. The van der Waals surface area contributed by atoms with Crippen LogP contribution in [0, 0.1) is 17.8 Å².